The number of benzene rings is 2. The molecule has 6 nitrogen and oxygen atoms in total. The first kappa shape index (κ1) is 13.4. The van der Waals surface area contributed by atoms with Gasteiger partial charge in [0.2, 0.25) is 5.91 Å². The van der Waals surface area contributed by atoms with Crippen molar-refractivity contribution >= 4 is 33.6 Å². The van der Waals surface area contributed by atoms with Crippen LogP contribution in [0.5, 0.6) is 0 Å². The van der Waals surface area contributed by atoms with Gasteiger partial charge in [0.05, 0.1) is 11.9 Å². The fraction of sp³-hybridized carbons (Fsp3) is 0.0588. The average Bonchev–Trinajstić information content (AvgIpc) is 3.11. The second-order valence-corrected chi connectivity index (χ2v) is 5.35. The number of amides is 1. The van der Waals surface area contributed by atoms with Crippen molar-refractivity contribution < 1.29 is 9.21 Å². The first-order valence-corrected chi connectivity index (χ1v) is 7.16. The first-order chi connectivity index (χ1) is 11.2. The highest BCUT2D eigenvalue weighted by atomic mass is 16.4. The number of rotatable bonds is 3. The minimum Gasteiger partial charge on any atom is -0.408 e. The summed E-state index contributed by atoms with van der Waals surface area (Å²) in [5.41, 5.74) is 3.59. The molecule has 0 aliphatic carbocycles. The quantitative estimate of drug-likeness (QED) is 0.543. The highest BCUT2D eigenvalue weighted by molar-refractivity contribution is 5.94. The monoisotopic (exact) mass is 307 g/mol. The zero-order valence-electron chi connectivity index (χ0n) is 12.1. The predicted molar refractivity (Wildman–Crippen MR) is 87.5 cm³/mol. The summed E-state index contributed by atoms with van der Waals surface area (Å²) in [6.07, 6.45) is 2.14. The summed E-state index contributed by atoms with van der Waals surface area (Å²) in [6, 6.07) is 12.9. The highest BCUT2D eigenvalue weighted by Crippen LogP contribution is 2.18. The lowest BCUT2D eigenvalue weighted by molar-refractivity contribution is -0.115. The van der Waals surface area contributed by atoms with Crippen LogP contribution in [0.4, 0.5) is 5.69 Å². The number of carbonyl (C=O) groups is 1. The number of fused-ring (bicyclic) bond motifs is 2. The molecule has 0 unspecified atom stereocenters. The van der Waals surface area contributed by atoms with Crippen molar-refractivity contribution in [2.45, 2.75) is 6.42 Å². The summed E-state index contributed by atoms with van der Waals surface area (Å²) in [5, 5.41) is 3.89. The van der Waals surface area contributed by atoms with E-state index in [-0.39, 0.29) is 12.3 Å². The van der Waals surface area contributed by atoms with Gasteiger partial charge in [0.25, 0.3) is 0 Å². The Hall–Kier alpha value is -3.28. The molecule has 0 fully saturated rings. The molecule has 2 aromatic carbocycles. The van der Waals surface area contributed by atoms with Crippen molar-refractivity contribution in [3.05, 3.63) is 64.8 Å². The zero-order valence-corrected chi connectivity index (χ0v) is 12.1. The molecule has 4 aromatic rings. The van der Waals surface area contributed by atoms with E-state index in [9.17, 15) is 9.59 Å². The molecule has 0 radical (unpaired) electrons. The summed E-state index contributed by atoms with van der Waals surface area (Å²) >= 11 is 0. The molecular weight excluding hydrogens is 294 g/mol. The second kappa shape index (κ2) is 5.17. The Balaban J connectivity index is 1.52. The Kier molecular flexibility index (Phi) is 3.01. The van der Waals surface area contributed by atoms with E-state index >= 15 is 0 Å². The van der Waals surface area contributed by atoms with Crippen molar-refractivity contribution in [1.29, 1.82) is 0 Å². The normalized spacial score (nSPS) is 11.1. The third-order valence-electron chi connectivity index (χ3n) is 3.69. The number of carbonyl (C=O) groups excluding carboxylic acids is 1. The molecule has 0 saturated heterocycles. The fourth-order valence-corrected chi connectivity index (χ4v) is 2.63. The van der Waals surface area contributed by atoms with E-state index in [0.717, 1.165) is 16.5 Å². The number of aromatic amines is 2. The molecule has 2 aromatic heterocycles. The summed E-state index contributed by atoms with van der Waals surface area (Å²) in [7, 11) is 0. The van der Waals surface area contributed by atoms with Crippen LogP contribution in [0, 0.1) is 0 Å². The lowest BCUT2D eigenvalue weighted by atomic mass is 10.1. The van der Waals surface area contributed by atoms with Gasteiger partial charge in [0.1, 0.15) is 0 Å². The van der Waals surface area contributed by atoms with Gasteiger partial charge in [-0.15, -0.1) is 0 Å². The molecule has 23 heavy (non-hydrogen) atoms. The molecular formula is C17H13N3O3. The van der Waals surface area contributed by atoms with Crippen molar-refractivity contribution in [3.63, 3.8) is 0 Å². The fourth-order valence-electron chi connectivity index (χ4n) is 2.63. The number of anilines is 1. The Morgan fingerprint density at radius 3 is 2.87 bits per heavy atom. The number of aromatic nitrogens is 2. The van der Waals surface area contributed by atoms with E-state index in [1.54, 1.807) is 18.2 Å². The lowest BCUT2D eigenvalue weighted by Gasteiger charge is -2.05. The van der Waals surface area contributed by atoms with Gasteiger partial charge in [-0.3, -0.25) is 9.78 Å². The van der Waals surface area contributed by atoms with Gasteiger partial charge < -0.3 is 14.7 Å². The van der Waals surface area contributed by atoms with Crippen LogP contribution in [-0.2, 0) is 11.2 Å². The minimum atomic E-state index is -0.511. The maximum Gasteiger partial charge on any atom is 0.417 e. The van der Waals surface area contributed by atoms with E-state index < -0.39 is 5.76 Å². The van der Waals surface area contributed by atoms with Crippen molar-refractivity contribution in [3.8, 4) is 0 Å². The smallest absolute Gasteiger partial charge is 0.408 e. The van der Waals surface area contributed by atoms with E-state index in [0.29, 0.717) is 16.8 Å². The summed E-state index contributed by atoms with van der Waals surface area (Å²) in [6.45, 7) is 0. The molecule has 3 N–H and O–H groups in total. The Labute approximate surface area is 130 Å². The molecule has 2 heterocycles. The zero-order chi connectivity index (χ0) is 15.8. The van der Waals surface area contributed by atoms with E-state index in [1.807, 2.05) is 30.5 Å². The third-order valence-corrected chi connectivity index (χ3v) is 3.69. The van der Waals surface area contributed by atoms with Gasteiger partial charge in [0.15, 0.2) is 5.58 Å². The van der Waals surface area contributed by atoms with Gasteiger partial charge >= 0.3 is 5.76 Å². The third kappa shape index (κ3) is 2.62. The molecule has 6 heteroatoms. The van der Waals surface area contributed by atoms with Gasteiger partial charge in [-0.2, -0.15) is 0 Å². The molecule has 1 amide bonds. The number of H-pyrrole nitrogens is 2. The Morgan fingerprint density at radius 2 is 1.96 bits per heavy atom. The molecule has 0 atom stereocenters. The van der Waals surface area contributed by atoms with E-state index in [4.69, 9.17) is 4.42 Å². The van der Waals surface area contributed by atoms with Gasteiger partial charge in [-0.25, -0.2) is 4.79 Å². The van der Waals surface area contributed by atoms with Crippen molar-refractivity contribution in [1.82, 2.24) is 9.97 Å². The van der Waals surface area contributed by atoms with E-state index in [2.05, 4.69) is 15.3 Å². The van der Waals surface area contributed by atoms with Crippen LogP contribution >= 0.6 is 0 Å². The Bertz CT molecular complexity index is 1070. The van der Waals surface area contributed by atoms with Gasteiger partial charge in [-0.05, 0) is 41.3 Å². The highest BCUT2D eigenvalue weighted by Gasteiger charge is 2.07. The van der Waals surface area contributed by atoms with Crippen LogP contribution in [0.15, 0.2) is 57.9 Å². The first-order valence-electron chi connectivity index (χ1n) is 7.16. The minimum absolute atomic E-state index is 0.128. The van der Waals surface area contributed by atoms with Crippen LogP contribution in [0.3, 0.4) is 0 Å². The van der Waals surface area contributed by atoms with Crippen LogP contribution in [0.25, 0.3) is 22.0 Å². The molecule has 4 rings (SSSR count). The maximum absolute atomic E-state index is 12.2. The summed E-state index contributed by atoms with van der Waals surface area (Å²) in [4.78, 5) is 29.0. The SMILES string of the molecule is O=C(Cc1ccc2[nH]ccc2c1)Nc1ccc2[nH]c(=O)oc2c1. The van der Waals surface area contributed by atoms with Gasteiger partial charge in [0, 0.05) is 23.5 Å². The Morgan fingerprint density at radius 1 is 1.09 bits per heavy atom. The van der Waals surface area contributed by atoms with Crippen molar-refractivity contribution in [2.75, 3.05) is 5.32 Å². The van der Waals surface area contributed by atoms with Gasteiger partial charge in [-0.1, -0.05) is 6.07 Å². The number of nitrogens with one attached hydrogen (secondary N) is 3. The second-order valence-electron chi connectivity index (χ2n) is 5.35. The van der Waals surface area contributed by atoms with E-state index in [1.165, 1.54) is 0 Å². The standard InChI is InChI=1S/C17H13N3O3/c21-16(8-10-1-3-13-11(7-10)5-6-18-13)19-12-2-4-14-15(9-12)23-17(22)20-14/h1-7,9,18H,8H2,(H,19,21)(H,20,22). The molecule has 0 aliphatic rings. The molecule has 0 bridgehead atoms. The maximum atomic E-state index is 12.2. The van der Waals surface area contributed by atoms with Crippen LogP contribution in [0.2, 0.25) is 0 Å². The number of oxazole rings is 1. The van der Waals surface area contributed by atoms with Crippen LogP contribution in [0.1, 0.15) is 5.56 Å². The summed E-state index contributed by atoms with van der Waals surface area (Å²) in [5.74, 6) is -0.639. The summed E-state index contributed by atoms with van der Waals surface area (Å²) < 4.78 is 4.98. The molecule has 0 saturated carbocycles. The van der Waals surface area contributed by atoms with Crippen LogP contribution in [-0.4, -0.2) is 15.9 Å². The lowest BCUT2D eigenvalue weighted by Crippen LogP contribution is -2.14. The number of hydrogen-bond acceptors (Lipinski definition) is 3. The topological polar surface area (TPSA) is 90.9 Å². The van der Waals surface area contributed by atoms with Crippen molar-refractivity contribution in [2.24, 2.45) is 0 Å². The predicted octanol–water partition coefficient (Wildman–Crippen LogP) is 2.78. The van der Waals surface area contributed by atoms with Crippen LogP contribution < -0.4 is 11.1 Å². The average molecular weight is 307 g/mol. The molecule has 0 aliphatic heterocycles. The molecule has 0 spiro atoms. The number of hydrogen-bond donors (Lipinski definition) is 3. The molecule has 114 valence electrons. The largest absolute Gasteiger partial charge is 0.417 e.